The van der Waals surface area contributed by atoms with Crippen molar-refractivity contribution in [3.8, 4) is 0 Å². The van der Waals surface area contributed by atoms with Gasteiger partial charge in [0, 0.05) is 38.9 Å². The number of imidazole rings is 1. The second kappa shape index (κ2) is 4.59. The van der Waals surface area contributed by atoms with E-state index in [9.17, 15) is 0 Å². The summed E-state index contributed by atoms with van der Waals surface area (Å²) in [5.74, 6) is 0.740. The SMILES string of the molecule is CN1CCN(Cc2cn3c(N)cccc3n2)CC1. The van der Waals surface area contributed by atoms with E-state index in [1.807, 2.05) is 28.8 Å². The van der Waals surface area contributed by atoms with E-state index in [4.69, 9.17) is 5.73 Å². The first-order valence-electron chi connectivity index (χ1n) is 6.36. The number of nitrogens with two attached hydrogens (primary N) is 1. The number of nitrogens with zero attached hydrogens (tertiary/aromatic N) is 4. The van der Waals surface area contributed by atoms with Gasteiger partial charge in [0.2, 0.25) is 0 Å². The molecule has 0 spiro atoms. The van der Waals surface area contributed by atoms with Gasteiger partial charge in [-0.2, -0.15) is 0 Å². The van der Waals surface area contributed by atoms with Crippen LogP contribution < -0.4 is 5.73 Å². The molecule has 2 aromatic heterocycles. The molecule has 2 aromatic rings. The van der Waals surface area contributed by atoms with Gasteiger partial charge < -0.3 is 10.6 Å². The summed E-state index contributed by atoms with van der Waals surface area (Å²) in [7, 11) is 2.17. The Bertz CT molecular complexity index is 539. The van der Waals surface area contributed by atoms with Gasteiger partial charge in [-0.15, -0.1) is 0 Å². The van der Waals surface area contributed by atoms with Gasteiger partial charge in [-0.25, -0.2) is 4.98 Å². The molecular formula is C13H19N5. The maximum Gasteiger partial charge on any atom is 0.138 e. The van der Waals surface area contributed by atoms with E-state index in [0.29, 0.717) is 0 Å². The van der Waals surface area contributed by atoms with Crippen molar-refractivity contribution in [1.82, 2.24) is 19.2 Å². The Morgan fingerprint density at radius 3 is 2.72 bits per heavy atom. The van der Waals surface area contributed by atoms with E-state index < -0.39 is 0 Å². The quantitative estimate of drug-likeness (QED) is 0.844. The second-order valence-electron chi connectivity index (χ2n) is 4.99. The number of aromatic nitrogens is 2. The number of rotatable bonds is 2. The first-order chi connectivity index (χ1) is 8.72. The van der Waals surface area contributed by atoms with Crippen molar-refractivity contribution in [3.05, 3.63) is 30.1 Å². The summed E-state index contributed by atoms with van der Waals surface area (Å²) < 4.78 is 1.95. The fourth-order valence-electron chi connectivity index (χ4n) is 2.39. The number of fused-ring (bicyclic) bond motifs is 1. The number of nitrogen functional groups attached to an aromatic ring is 1. The lowest BCUT2D eigenvalue weighted by molar-refractivity contribution is 0.147. The average Bonchev–Trinajstić information content (AvgIpc) is 2.76. The smallest absolute Gasteiger partial charge is 0.138 e. The van der Waals surface area contributed by atoms with Crippen LogP contribution in [0.5, 0.6) is 0 Å². The molecule has 2 N–H and O–H groups in total. The standard InChI is InChI=1S/C13H19N5/c1-16-5-7-17(8-6-16)9-11-10-18-12(14)3-2-4-13(18)15-11/h2-4,10H,5-9,14H2,1H3. The minimum absolute atomic E-state index is 0.740. The van der Waals surface area contributed by atoms with Gasteiger partial charge in [0.15, 0.2) is 0 Å². The van der Waals surface area contributed by atoms with Crippen molar-refractivity contribution < 1.29 is 0 Å². The van der Waals surface area contributed by atoms with Crippen molar-refractivity contribution in [1.29, 1.82) is 0 Å². The molecule has 3 rings (SSSR count). The lowest BCUT2D eigenvalue weighted by atomic mass is 10.3. The Kier molecular flexibility index (Phi) is 2.93. The summed E-state index contributed by atoms with van der Waals surface area (Å²) in [6.07, 6.45) is 2.04. The molecule has 0 saturated carbocycles. The van der Waals surface area contributed by atoms with E-state index in [1.54, 1.807) is 0 Å². The average molecular weight is 245 g/mol. The Morgan fingerprint density at radius 2 is 2.00 bits per heavy atom. The third-order valence-corrected chi connectivity index (χ3v) is 3.56. The number of hydrogen-bond donors (Lipinski definition) is 1. The van der Waals surface area contributed by atoms with Gasteiger partial charge in [0.05, 0.1) is 5.69 Å². The molecule has 0 aliphatic carbocycles. The topological polar surface area (TPSA) is 49.8 Å². The molecule has 0 aromatic carbocycles. The van der Waals surface area contributed by atoms with Crippen LogP contribution in [0.3, 0.4) is 0 Å². The van der Waals surface area contributed by atoms with Crippen molar-refractivity contribution in [2.75, 3.05) is 39.0 Å². The molecule has 1 aliphatic heterocycles. The number of pyridine rings is 1. The molecule has 5 nitrogen and oxygen atoms in total. The van der Waals surface area contributed by atoms with Gasteiger partial charge >= 0.3 is 0 Å². The van der Waals surface area contributed by atoms with E-state index in [1.165, 1.54) is 0 Å². The zero-order chi connectivity index (χ0) is 12.5. The van der Waals surface area contributed by atoms with Crippen LogP contribution in [0.15, 0.2) is 24.4 Å². The second-order valence-corrected chi connectivity index (χ2v) is 4.99. The van der Waals surface area contributed by atoms with Crippen molar-refractivity contribution in [3.63, 3.8) is 0 Å². The summed E-state index contributed by atoms with van der Waals surface area (Å²) >= 11 is 0. The van der Waals surface area contributed by atoms with Crippen LogP contribution in [0.2, 0.25) is 0 Å². The summed E-state index contributed by atoms with van der Waals surface area (Å²) in [6, 6.07) is 5.83. The summed E-state index contributed by atoms with van der Waals surface area (Å²) in [6.45, 7) is 5.40. The molecule has 1 aliphatic rings. The van der Waals surface area contributed by atoms with Gasteiger partial charge in [0.25, 0.3) is 0 Å². The van der Waals surface area contributed by atoms with Crippen LogP contribution in [0.4, 0.5) is 5.82 Å². The van der Waals surface area contributed by atoms with Gasteiger partial charge in [-0.3, -0.25) is 9.30 Å². The fraction of sp³-hybridized carbons (Fsp3) is 0.462. The first kappa shape index (κ1) is 11.5. The predicted molar refractivity (Wildman–Crippen MR) is 72.4 cm³/mol. The van der Waals surface area contributed by atoms with Crippen LogP contribution in [0.25, 0.3) is 5.65 Å². The van der Waals surface area contributed by atoms with E-state index >= 15 is 0 Å². The van der Waals surface area contributed by atoms with Gasteiger partial charge in [0.1, 0.15) is 11.5 Å². The largest absolute Gasteiger partial charge is 0.385 e. The molecule has 1 saturated heterocycles. The van der Waals surface area contributed by atoms with Gasteiger partial charge in [-0.05, 0) is 19.2 Å². The van der Waals surface area contributed by atoms with E-state index in [2.05, 4.69) is 21.8 Å². The Balaban J connectivity index is 1.77. The van der Waals surface area contributed by atoms with Crippen LogP contribution in [-0.4, -0.2) is 52.4 Å². The molecule has 18 heavy (non-hydrogen) atoms. The van der Waals surface area contributed by atoms with Crippen molar-refractivity contribution in [2.24, 2.45) is 0 Å². The molecule has 5 heteroatoms. The third-order valence-electron chi connectivity index (χ3n) is 3.56. The number of anilines is 1. The van der Waals surface area contributed by atoms with E-state index in [0.717, 1.165) is 49.9 Å². The molecule has 0 bridgehead atoms. The number of likely N-dealkylation sites (N-methyl/N-ethyl adjacent to an activating group) is 1. The zero-order valence-corrected chi connectivity index (χ0v) is 10.7. The molecule has 3 heterocycles. The maximum atomic E-state index is 5.92. The normalized spacial score (nSPS) is 18.5. The van der Waals surface area contributed by atoms with Gasteiger partial charge in [-0.1, -0.05) is 6.07 Å². The molecular weight excluding hydrogens is 226 g/mol. The van der Waals surface area contributed by atoms with Crippen LogP contribution in [0.1, 0.15) is 5.69 Å². The predicted octanol–water partition coefficient (Wildman–Crippen LogP) is 0.664. The molecule has 96 valence electrons. The minimum atomic E-state index is 0.740. The highest BCUT2D eigenvalue weighted by Crippen LogP contribution is 2.12. The molecule has 0 unspecified atom stereocenters. The highest BCUT2D eigenvalue weighted by molar-refractivity contribution is 5.48. The summed E-state index contributed by atoms with van der Waals surface area (Å²) in [5.41, 5.74) is 7.95. The first-order valence-corrected chi connectivity index (χ1v) is 6.36. The summed E-state index contributed by atoms with van der Waals surface area (Å²) in [4.78, 5) is 9.42. The molecule has 1 fully saturated rings. The Hall–Kier alpha value is -1.59. The lowest BCUT2D eigenvalue weighted by Gasteiger charge is -2.31. The molecule has 0 atom stereocenters. The van der Waals surface area contributed by atoms with Crippen LogP contribution in [-0.2, 0) is 6.54 Å². The molecule has 0 amide bonds. The highest BCUT2D eigenvalue weighted by atomic mass is 15.2. The number of piperazine rings is 1. The highest BCUT2D eigenvalue weighted by Gasteiger charge is 2.15. The zero-order valence-electron chi connectivity index (χ0n) is 10.7. The Labute approximate surface area is 107 Å². The third kappa shape index (κ3) is 2.19. The fourth-order valence-corrected chi connectivity index (χ4v) is 2.39. The lowest BCUT2D eigenvalue weighted by Crippen LogP contribution is -2.43. The summed E-state index contributed by atoms with van der Waals surface area (Å²) in [5, 5.41) is 0. The van der Waals surface area contributed by atoms with Crippen molar-refractivity contribution in [2.45, 2.75) is 6.54 Å². The van der Waals surface area contributed by atoms with E-state index in [-0.39, 0.29) is 0 Å². The Morgan fingerprint density at radius 1 is 1.22 bits per heavy atom. The van der Waals surface area contributed by atoms with Crippen LogP contribution in [0, 0.1) is 0 Å². The maximum absolute atomic E-state index is 5.92. The van der Waals surface area contributed by atoms with Crippen molar-refractivity contribution >= 4 is 11.5 Å². The number of hydrogen-bond acceptors (Lipinski definition) is 4. The monoisotopic (exact) mass is 245 g/mol. The van der Waals surface area contributed by atoms with Crippen LogP contribution >= 0.6 is 0 Å². The minimum Gasteiger partial charge on any atom is -0.385 e. The molecule has 0 radical (unpaired) electrons.